The van der Waals surface area contributed by atoms with E-state index in [0.29, 0.717) is 18.7 Å². The summed E-state index contributed by atoms with van der Waals surface area (Å²) < 4.78 is 18.7. The number of carbonyl (C=O) groups excluding carboxylic acids is 1. The first-order valence-corrected chi connectivity index (χ1v) is 6.67. The van der Waals surface area contributed by atoms with Gasteiger partial charge in [0.1, 0.15) is 17.6 Å². The molecule has 1 aromatic carbocycles. The van der Waals surface area contributed by atoms with Gasteiger partial charge in [-0.05, 0) is 31.4 Å². The molecule has 1 aliphatic rings. The molecule has 1 saturated heterocycles. The number of rotatable bonds is 3. The van der Waals surface area contributed by atoms with Crippen LogP contribution in [0, 0.1) is 5.82 Å². The lowest BCUT2D eigenvalue weighted by Crippen LogP contribution is -2.49. The molecule has 1 fully saturated rings. The summed E-state index contributed by atoms with van der Waals surface area (Å²) in [6.45, 7) is 0.342. The number of hydrogen-bond acceptors (Lipinski definition) is 3. The fourth-order valence-electron chi connectivity index (χ4n) is 2.35. The van der Waals surface area contributed by atoms with Crippen molar-refractivity contribution < 1.29 is 23.8 Å². The average molecular weight is 296 g/mol. The zero-order chi connectivity index (χ0) is 15.4. The molecule has 0 radical (unpaired) electrons. The maximum absolute atomic E-state index is 13.7. The standard InChI is InChI=1S/C14H17FN2O4/c1-21-9-5-6-10(15)11(8-9)16-14(20)17-7-3-2-4-12(17)13(18)19/h5-6,8,12H,2-4,7H2,1H3,(H,16,20)(H,18,19). The van der Waals surface area contributed by atoms with Crippen LogP contribution in [0.5, 0.6) is 5.75 Å². The van der Waals surface area contributed by atoms with Crippen LogP contribution in [0.4, 0.5) is 14.9 Å². The molecule has 1 heterocycles. The number of benzene rings is 1. The van der Waals surface area contributed by atoms with Crippen LogP contribution in [0.3, 0.4) is 0 Å². The molecule has 1 unspecified atom stereocenters. The number of hydrogen-bond donors (Lipinski definition) is 2. The fourth-order valence-corrected chi connectivity index (χ4v) is 2.35. The van der Waals surface area contributed by atoms with E-state index in [1.807, 2.05) is 0 Å². The third kappa shape index (κ3) is 3.42. The van der Waals surface area contributed by atoms with Crippen molar-refractivity contribution in [3.8, 4) is 5.75 Å². The number of nitrogens with one attached hydrogen (secondary N) is 1. The van der Waals surface area contributed by atoms with Crippen LogP contribution < -0.4 is 10.1 Å². The number of carboxylic acid groups (broad SMARTS) is 1. The molecule has 2 N–H and O–H groups in total. The Hall–Kier alpha value is -2.31. The van der Waals surface area contributed by atoms with Gasteiger partial charge in [-0.25, -0.2) is 14.0 Å². The van der Waals surface area contributed by atoms with Crippen LogP contribution in [0.1, 0.15) is 19.3 Å². The number of nitrogens with zero attached hydrogens (tertiary/aromatic N) is 1. The average Bonchev–Trinajstić information content (AvgIpc) is 2.49. The Balaban J connectivity index is 2.14. The molecule has 6 nitrogen and oxygen atoms in total. The number of piperidine rings is 1. The lowest BCUT2D eigenvalue weighted by atomic mass is 10.0. The van der Waals surface area contributed by atoms with Crippen molar-refractivity contribution in [2.45, 2.75) is 25.3 Å². The number of likely N-dealkylation sites (tertiary alicyclic amines) is 1. The highest BCUT2D eigenvalue weighted by molar-refractivity contribution is 5.92. The van der Waals surface area contributed by atoms with E-state index >= 15 is 0 Å². The van der Waals surface area contributed by atoms with Crippen LogP contribution in [0.25, 0.3) is 0 Å². The first kappa shape index (κ1) is 15.1. The minimum atomic E-state index is -1.05. The van der Waals surface area contributed by atoms with Crippen LogP contribution in [-0.4, -0.2) is 41.7 Å². The molecule has 7 heteroatoms. The maximum Gasteiger partial charge on any atom is 0.326 e. The van der Waals surface area contributed by atoms with Crippen molar-refractivity contribution in [1.82, 2.24) is 4.90 Å². The Labute approximate surface area is 121 Å². The molecule has 0 saturated carbocycles. The SMILES string of the molecule is COc1ccc(F)c(NC(=O)N2CCCCC2C(=O)O)c1. The Bertz CT molecular complexity index is 550. The second-order valence-electron chi connectivity index (χ2n) is 4.82. The fraction of sp³-hybridized carbons (Fsp3) is 0.429. The summed E-state index contributed by atoms with van der Waals surface area (Å²) in [5.74, 6) is -1.25. The quantitative estimate of drug-likeness (QED) is 0.897. The molecule has 114 valence electrons. The zero-order valence-electron chi connectivity index (χ0n) is 11.6. The van der Waals surface area contributed by atoms with E-state index in [9.17, 15) is 14.0 Å². The van der Waals surface area contributed by atoms with E-state index in [1.165, 1.54) is 30.2 Å². The normalized spacial score (nSPS) is 18.2. The topological polar surface area (TPSA) is 78.9 Å². The third-order valence-electron chi connectivity index (χ3n) is 3.46. The molecule has 0 spiro atoms. The highest BCUT2D eigenvalue weighted by atomic mass is 19.1. The van der Waals surface area contributed by atoms with E-state index in [2.05, 4.69) is 5.32 Å². The van der Waals surface area contributed by atoms with Crippen molar-refractivity contribution >= 4 is 17.7 Å². The summed E-state index contributed by atoms with van der Waals surface area (Å²) in [5, 5.41) is 11.6. The number of carbonyl (C=O) groups is 2. The van der Waals surface area contributed by atoms with Gasteiger partial charge < -0.3 is 20.1 Å². The van der Waals surface area contributed by atoms with Gasteiger partial charge in [-0.2, -0.15) is 0 Å². The van der Waals surface area contributed by atoms with Gasteiger partial charge in [-0.15, -0.1) is 0 Å². The lowest BCUT2D eigenvalue weighted by molar-refractivity contribution is -0.143. The van der Waals surface area contributed by atoms with Gasteiger partial charge in [0.15, 0.2) is 0 Å². The van der Waals surface area contributed by atoms with Crippen molar-refractivity contribution in [1.29, 1.82) is 0 Å². The number of amides is 2. The van der Waals surface area contributed by atoms with Crippen LogP contribution >= 0.6 is 0 Å². The Morgan fingerprint density at radius 3 is 2.86 bits per heavy atom. The Kier molecular flexibility index (Phi) is 4.62. The summed E-state index contributed by atoms with van der Waals surface area (Å²) in [6, 6.07) is 2.49. The van der Waals surface area contributed by atoms with Crippen molar-refractivity contribution in [3.63, 3.8) is 0 Å². The van der Waals surface area contributed by atoms with Gasteiger partial charge in [0.05, 0.1) is 12.8 Å². The van der Waals surface area contributed by atoms with E-state index in [1.54, 1.807) is 0 Å². The van der Waals surface area contributed by atoms with Crippen LogP contribution in [0.15, 0.2) is 18.2 Å². The van der Waals surface area contributed by atoms with E-state index < -0.39 is 23.9 Å². The largest absolute Gasteiger partial charge is 0.497 e. The van der Waals surface area contributed by atoms with Crippen molar-refractivity contribution in [2.75, 3.05) is 19.0 Å². The van der Waals surface area contributed by atoms with E-state index in [4.69, 9.17) is 9.84 Å². The molecule has 0 aromatic heterocycles. The molecule has 1 aliphatic heterocycles. The molecule has 0 aliphatic carbocycles. The molecule has 1 atom stereocenters. The molecule has 2 rings (SSSR count). The zero-order valence-corrected chi connectivity index (χ0v) is 11.6. The lowest BCUT2D eigenvalue weighted by Gasteiger charge is -2.32. The second-order valence-corrected chi connectivity index (χ2v) is 4.82. The molecular formula is C14H17FN2O4. The molecule has 0 bridgehead atoms. The highest BCUT2D eigenvalue weighted by Crippen LogP contribution is 2.23. The molecule has 1 aromatic rings. The number of ether oxygens (including phenoxy) is 1. The molecular weight excluding hydrogens is 279 g/mol. The predicted octanol–water partition coefficient (Wildman–Crippen LogP) is 2.31. The summed E-state index contributed by atoms with van der Waals surface area (Å²) in [6.07, 6.45) is 1.90. The maximum atomic E-state index is 13.7. The van der Waals surface area contributed by atoms with Crippen molar-refractivity contribution in [2.24, 2.45) is 0 Å². The summed E-state index contributed by atoms with van der Waals surface area (Å²) in [4.78, 5) is 24.6. The summed E-state index contributed by atoms with van der Waals surface area (Å²) in [7, 11) is 1.43. The number of methoxy groups -OCH3 is 1. The highest BCUT2D eigenvalue weighted by Gasteiger charge is 2.32. The minimum Gasteiger partial charge on any atom is -0.497 e. The second kappa shape index (κ2) is 6.43. The van der Waals surface area contributed by atoms with Crippen LogP contribution in [0.2, 0.25) is 0 Å². The minimum absolute atomic E-state index is 0.0333. The Morgan fingerprint density at radius 1 is 1.43 bits per heavy atom. The van der Waals surface area contributed by atoms with Crippen molar-refractivity contribution in [3.05, 3.63) is 24.0 Å². The number of carboxylic acids is 1. The van der Waals surface area contributed by atoms with Gasteiger partial charge >= 0.3 is 12.0 Å². The van der Waals surface area contributed by atoms with E-state index in [0.717, 1.165) is 12.8 Å². The Morgan fingerprint density at radius 2 is 2.19 bits per heavy atom. The van der Waals surface area contributed by atoms with Gasteiger partial charge in [-0.3, -0.25) is 0 Å². The number of aliphatic carboxylic acids is 1. The predicted molar refractivity (Wildman–Crippen MR) is 74.0 cm³/mol. The molecule has 21 heavy (non-hydrogen) atoms. The van der Waals surface area contributed by atoms with Gasteiger partial charge in [0.25, 0.3) is 0 Å². The first-order valence-electron chi connectivity index (χ1n) is 6.67. The van der Waals surface area contributed by atoms with E-state index in [-0.39, 0.29) is 5.69 Å². The number of anilines is 1. The monoisotopic (exact) mass is 296 g/mol. The number of halogens is 1. The van der Waals surface area contributed by atoms with Gasteiger partial charge in [0, 0.05) is 12.6 Å². The first-order chi connectivity index (χ1) is 10.0. The molecule has 2 amide bonds. The van der Waals surface area contributed by atoms with Crippen LogP contribution in [-0.2, 0) is 4.79 Å². The summed E-state index contributed by atoms with van der Waals surface area (Å²) in [5.41, 5.74) is -0.0333. The third-order valence-corrected chi connectivity index (χ3v) is 3.46. The summed E-state index contributed by atoms with van der Waals surface area (Å²) >= 11 is 0. The van der Waals surface area contributed by atoms with Gasteiger partial charge in [0.2, 0.25) is 0 Å². The van der Waals surface area contributed by atoms with Gasteiger partial charge in [-0.1, -0.05) is 0 Å². The smallest absolute Gasteiger partial charge is 0.326 e. The number of urea groups is 1.